The first-order chi connectivity index (χ1) is 20.0. The third-order valence-corrected chi connectivity index (χ3v) is 11.4. The molecule has 0 aliphatic carbocycles. The third-order valence-electron chi connectivity index (χ3n) is 7.95. The van der Waals surface area contributed by atoms with Crippen LogP contribution in [0.15, 0.2) is 78.9 Å². The molecule has 3 aromatic carbocycles. The second-order valence-corrected chi connectivity index (χ2v) is 17.4. The molecule has 0 radical (unpaired) electrons. The molecule has 1 aliphatic heterocycles. The molecule has 5 nitrogen and oxygen atoms in total. The number of hydrogen-bond acceptors (Lipinski definition) is 5. The molecular formula is C36H46O5Si. The van der Waals surface area contributed by atoms with Gasteiger partial charge in [-0.2, -0.15) is 0 Å². The lowest BCUT2D eigenvalue weighted by atomic mass is 9.99. The summed E-state index contributed by atoms with van der Waals surface area (Å²) in [6.07, 6.45) is 2.55. The molecule has 0 aromatic heterocycles. The van der Waals surface area contributed by atoms with Gasteiger partial charge >= 0.3 is 5.97 Å². The Balaban J connectivity index is 1.49. The zero-order valence-corrected chi connectivity index (χ0v) is 27.1. The highest BCUT2D eigenvalue weighted by atomic mass is 28.3. The summed E-state index contributed by atoms with van der Waals surface area (Å²) < 4.78 is 23.2. The lowest BCUT2D eigenvalue weighted by molar-refractivity contribution is -0.264. The van der Waals surface area contributed by atoms with Gasteiger partial charge < -0.3 is 18.9 Å². The van der Waals surface area contributed by atoms with Crippen LogP contribution < -0.4 is 9.92 Å². The van der Waals surface area contributed by atoms with E-state index in [2.05, 4.69) is 75.1 Å². The number of unbranched alkanes of at least 4 members (excludes halogenated alkanes) is 1. The van der Waals surface area contributed by atoms with Gasteiger partial charge in [0.05, 0.1) is 27.9 Å². The topological polar surface area (TPSA) is 54.0 Å². The van der Waals surface area contributed by atoms with Gasteiger partial charge in [0, 0.05) is 17.1 Å². The van der Waals surface area contributed by atoms with Gasteiger partial charge in [-0.25, -0.2) is 4.79 Å². The maximum atomic E-state index is 12.1. The Morgan fingerprint density at radius 2 is 1.48 bits per heavy atom. The number of esters is 1. The summed E-state index contributed by atoms with van der Waals surface area (Å²) in [5.41, 5.74) is 5.69. The van der Waals surface area contributed by atoms with Crippen LogP contribution >= 0.6 is 0 Å². The van der Waals surface area contributed by atoms with E-state index in [-0.39, 0.29) is 12.5 Å². The first-order valence-corrected chi connectivity index (χ1v) is 18.3. The Labute approximate surface area is 252 Å². The molecule has 0 saturated carbocycles. The highest BCUT2D eigenvalue weighted by molar-refractivity contribution is 6.89. The molecular weight excluding hydrogens is 540 g/mol. The minimum absolute atomic E-state index is 0.0991. The van der Waals surface area contributed by atoms with E-state index in [4.69, 9.17) is 18.9 Å². The second-order valence-electron chi connectivity index (χ2n) is 12.5. The average molecular weight is 587 g/mol. The second kappa shape index (κ2) is 13.9. The van der Waals surface area contributed by atoms with E-state index >= 15 is 0 Å². The van der Waals surface area contributed by atoms with E-state index in [1.807, 2.05) is 32.0 Å². The summed E-state index contributed by atoms with van der Waals surface area (Å²) in [4.78, 5) is 12.1. The molecule has 0 spiro atoms. The molecule has 1 heterocycles. The molecule has 1 fully saturated rings. The highest BCUT2D eigenvalue weighted by Crippen LogP contribution is 2.31. The van der Waals surface area contributed by atoms with Gasteiger partial charge in [-0.05, 0) is 55.2 Å². The summed E-state index contributed by atoms with van der Waals surface area (Å²) >= 11 is 0. The Morgan fingerprint density at radius 1 is 0.929 bits per heavy atom. The van der Waals surface area contributed by atoms with Crippen molar-refractivity contribution in [1.29, 1.82) is 0 Å². The van der Waals surface area contributed by atoms with Crippen LogP contribution in [0, 0.1) is 5.92 Å². The lowest BCUT2D eigenvalue weighted by Crippen LogP contribution is -2.41. The molecule has 1 aliphatic rings. The minimum atomic E-state index is -1.39. The molecule has 3 aromatic rings. The van der Waals surface area contributed by atoms with Gasteiger partial charge in [-0.1, -0.05) is 105 Å². The summed E-state index contributed by atoms with van der Waals surface area (Å²) in [5, 5.41) is 1.52. The van der Waals surface area contributed by atoms with Crippen molar-refractivity contribution in [1.82, 2.24) is 0 Å². The van der Waals surface area contributed by atoms with E-state index in [0.29, 0.717) is 31.1 Å². The smallest absolute Gasteiger partial charge is 0.333 e. The van der Waals surface area contributed by atoms with Crippen LogP contribution in [0.4, 0.5) is 0 Å². The molecule has 0 atom stereocenters. The summed E-state index contributed by atoms with van der Waals surface area (Å²) in [7, 11) is -1.39. The SMILES string of the molecule is C=C(C)C(=O)OCc1cc(-c2ccc(-c3ccc([Si](C)(C)CCCC)cc3)cc2)ccc1OCC1COC(C)(C)OC1. The average Bonchev–Trinajstić information content (AvgIpc) is 2.98. The van der Waals surface area contributed by atoms with Crippen LogP contribution in [0.25, 0.3) is 22.3 Å². The molecule has 0 N–H and O–H groups in total. The Bertz CT molecular complexity index is 1350. The quantitative estimate of drug-likeness (QED) is 0.122. The van der Waals surface area contributed by atoms with E-state index in [1.54, 1.807) is 6.92 Å². The number of ether oxygens (including phenoxy) is 4. The van der Waals surface area contributed by atoms with Crippen molar-refractivity contribution in [2.45, 2.75) is 72.1 Å². The number of benzene rings is 3. The van der Waals surface area contributed by atoms with Gasteiger partial charge in [0.25, 0.3) is 0 Å². The first-order valence-electron chi connectivity index (χ1n) is 15.0. The van der Waals surface area contributed by atoms with E-state index < -0.39 is 19.8 Å². The molecule has 224 valence electrons. The van der Waals surface area contributed by atoms with Crippen molar-refractivity contribution < 1.29 is 23.7 Å². The molecule has 0 unspecified atom stereocenters. The molecule has 1 saturated heterocycles. The lowest BCUT2D eigenvalue weighted by Gasteiger charge is -2.34. The number of carbonyl (C=O) groups excluding carboxylic acids is 1. The number of hydrogen-bond donors (Lipinski definition) is 0. The monoisotopic (exact) mass is 586 g/mol. The van der Waals surface area contributed by atoms with E-state index in [0.717, 1.165) is 16.7 Å². The third kappa shape index (κ3) is 8.43. The van der Waals surface area contributed by atoms with Gasteiger partial charge in [-0.3, -0.25) is 0 Å². The Morgan fingerprint density at radius 3 is 2.05 bits per heavy atom. The molecule has 0 amide bonds. The number of carbonyl (C=O) groups is 1. The standard InChI is InChI=1S/C36H46O5Si/c1-8-9-20-42(6,7)33-17-14-29(15-18-33)28-10-12-30(13-11-28)31-16-19-34(32(21-31)25-39-35(37)26(2)3)38-22-27-23-40-36(4,5)41-24-27/h10-19,21,27H,2,8-9,20,22-25H2,1,3-7H3. The van der Waals surface area contributed by atoms with Crippen molar-refractivity contribution in [2.24, 2.45) is 5.92 Å². The molecule has 0 bridgehead atoms. The van der Waals surface area contributed by atoms with Gasteiger partial charge in [0.2, 0.25) is 0 Å². The fraction of sp³-hybridized carbons (Fsp3) is 0.417. The maximum Gasteiger partial charge on any atom is 0.333 e. The fourth-order valence-electron chi connectivity index (χ4n) is 5.04. The van der Waals surface area contributed by atoms with E-state index in [1.165, 1.54) is 35.2 Å². The van der Waals surface area contributed by atoms with Crippen molar-refractivity contribution in [2.75, 3.05) is 19.8 Å². The van der Waals surface area contributed by atoms with Crippen LogP contribution in [0.3, 0.4) is 0 Å². The normalized spacial score (nSPS) is 15.3. The molecule has 6 heteroatoms. The van der Waals surface area contributed by atoms with Gasteiger partial charge in [0.1, 0.15) is 12.4 Å². The van der Waals surface area contributed by atoms with Crippen molar-refractivity contribution in [3.63, 3.8) is 0 Å². The van der Waals surface area contributed by atoms with Crippen molar-refractivity contribution in [3.8, 4) is 28.0 Å². The van der Waals surface area contributed by atoms with Crippen LogP contribution in [0.2, 0.25) is 19.1 Å². The minimum Gasteiger partial charge on any atom is -0.493 e. The zero-order chi connectivity index (χ0) is 30.3. The van der Waals surface area contributed by atoms with Crippen LogP contribution in [-0.4, -0.2) is 39.7 Å². The maximum absolute atomic E-state index is 12.1. The van der Waals surface area contributed by atoms with Gasteiger partial charge in [0.15, 0.2) is 5.79 Å². The highest BCUT2D eigenvalue weighted by Gasteiger charge is 2.29. The van der Waals surface area contributed by atoms with Crippen molar-refractivity contribution >= 4 is 19.2 Å². The predicted octanol–water partition coefficient (Wildman–Crippen LogP) is 8.13. The summed E-state index contributed by atoms with van der Waals surface area (Å²) in [6, 6.07) is 25.1. The van der Waals surface area contributed by atoms with E-state index in [9.17, 15) is 4.79 Å². The van der Waals surface area contributed by atoms with Crippen LogP contribution in [0.5, 0.6) is 5.75 Å². The summed E-state index contributed by atoms with van der Waals surface area (Å²) in [6.45, 7) is 18.1. The van der Waals surface area contributed by atoms with Crippen LogP contribution in [-0.2, 0) is 25.6 Å². The largest absolute Gasteiger partial charge is 0.493 e. The Kier molecular flexibility index (Phi) is 10.5. The van der Waals surface area contributed by atoms with Crippen LogP contribution in [0.1, 0.15) is 46.1 Å². The number of rotatable bonds is 12. The molecule has 4 rings (SSSR count). The zero-order valence-electron chi connectivity index (χ0n) is 26.1. The predicted molar refractivity (Wildman–Crippen MR) is 174 cm³/mol. The molecule has 42 heavy (non-hydrogen) atoms. The first kappa shape index (κ1) is 31.7. The Hall–Kier alpha value is -3.19. The van der Waals surface area contributed by atoms with Gasteiger partial charge in [-0.15, -0.1) is 0 Å². The summed E-state index contributed by atoms with van der Waals surface area (Å²) in [5.74, 6) is -0.184. The van der Waals surface area contributed by atoms with Crippen molar-refractivity contribution in [3.05, 3.63) is 84.4 Å². The fourth-order valence-corrected chi connectivity index (χ4v) is 7.64.